The van der Waals surface area contributed by atoms with Crippen LogP contribution in [0.5, 0.6) is 0 Å². The minimum absolute atomic E-state index is 0.905. The fourth-order valence-corrected chi connectivity index (χ4v) is 8.46. The summed E-state index contributed by atoms with van der Waals surface area (Å²) in [5, 5.41) is 7.25. The first-order chi connectivity index (χ1) is 28.7. The van der Waals surface area contributed by atoms with Crippen molar-refractivity contribution < 1.29 is 4.42 Å². The molecule has 0 amide bonds. The molecule has 0 radical (unpaired) electrons. The average molecular weight is 740 g/mol. The topological polar surface area (TPSA) is 16.4 Å². The molecule has 1 aromatic heterocycles. The molecule has 0 bridgehead atoms. The number of benzene rings is 10. The van der Waals surface area contributed by atoms with Crippen LogP contribution in [-0.4, -0.2) is 0 Å². The lowest BCUT2D eigenvalue weighted by Crippen LogP contribution is -2.10. The zero-order valence-corrected chi connectivity index (χ0v) is 31.7. The molecule has 0 aliphatic heterocycles. The Balaban J connectivity index is 0.991. The van der Waals surface area contributed by atoms with E-state index in [0.717, 1.165) is 55.7 Å². The average Bonchev–Trinajstić information content (AvgIpc) is 3.69. The van der Waals surface area contributed by atoms with Gasteiger partial charge in [-0.1, -0.05) is 164 Å². The molecule has 0 N–H and O–H groups in total. The number of anilines is 3. The Bertz CT molecular complexity index is 3280. The van der Waals surface area contributed by atoms with Crippen LogP contribution in [-0.2, 0) is 0 Å². The third-order valence-corrected chi connectivity index (χ3v) is 11.4. The van der Waals surface area contributed by atoms with Crippen LogP contribution in [0.1, 0.15) is 0 Å². The summed E-state index contributed by atoms with van der Waals surface area (Å²) in [6.07, 6.45) is 0. The summed E-state index contributed by atoms with van der Waals surface area (Å²) in [6, 6.07) is 80.8. The van der Waals surface area contributed by atoms with E-state index >= 15 is 0 Å². The highest BCUT2D eigenvalue weighted by molar-refractivity contribution is 6.09. The highest BCUT2D eigenvalue weighted by Crippen LogP contribution is 2.41. The third kappa shape index (κ3) is 6.09. The van der Waals surface area contributed by atoms with Crippen molar-refractivity contribution in [3.8, 4) is 44.5 Å². The molecule has 0 aliphatic rings. The molecule has 0 saturated heterocycles. The van der Waals surface area contributed by atoms with Crippen LogP contribution >= 0.6 is 0 Å². The quantitative estimate of drug-likeness (QED) is 0.162. The molecule has 11 rings (SSSR count). The van der Waals surface area contributed by atoms with Crippen LogP contribution in [0.3, 0.4) is 0 Å². The van der Waals surface area contributed by atoms with E-state index < -0.39 is 0 Å². The molecule has 0 atom stereocenters. The molecule has 272 valence electrons. The molecule has 10 aromatic carbocycles. The zero-order chi connectivity index (χ0) is 38.4. The lowest BCUT2D eigenvalue weighted by Gasteiger charge is -2.26. The van der Waals surface area contributed by atoms with Gasteiger partial charge in [0.25, 0.3) is 0 Å². The van der Waals surface area contributed by atoms with Crippen LogP contribution in [0, 0.1) is 0 Å². The maximum absolute atomic E-state index is 6.43. The predicted octanol–water partition coefficient (Wildman–Crippen LogP) is 16.0. The second-order valence-corrected chi connectivity index (χ2v) is 15.0. The summed E-state index contributed by atoms with van der Waals surface area (Å²) in [6.45, 7) is 0. The molecule has 0 spiro atoms. The van der Waals surface area contributed by atoms with Gasteiger partial charge in [0.05, 0.1) is 0 Å². The number of hydrogen-bond acceptors (Lipinski definition) is 2. The maximum Gasteiger partial charge on any atom is 0.143 e. The number of nitrogens with zero attached hydrogens (tertiary/aromatic N) is 1. The lowest BCUT2D eigenvalue weighted by molar-refractivity contribution is 0.670. The Morgan fingerprint density at radius 1 is 0.276 bits per heavy atom. The first-order valence-electron chi connectivity index (χ1n) is 19.8. The summed E-state index contributed by atoms with van der Waals surface area (Å²) < 4.78 is 6.43. The molecule has 2 nitrogen and oxygen atoms in total. The minimum Gasteiger partial charge on any atom is -0.455 e. The Labute approximate surface area is 337 Å². The van der Waals surface area contributed by atoms with Crippen molar-refractivity contribution in [1.29, 1.82) is 0 Å². The Morgan fingerprint density at radius 2 is 0.759 bits per heavy atom. The van der Waals surface area contributed by atoms with E-state index in [2.05, 4.69) is 217 Å². The second-order valence-electron chi connectivity index (χ2n) is 15.0. The number of rotatable bonds is 7. The van der Waals surface area contributed by atoms with Gasteiger partial charge in [-0.05, 0) is 121 Å². The van der Waals surface area contributed by atoms with Crippen LogP contribution in [0.2, 0.25) is 0 Å². The molecule has 0 fully saturated rings. The van der Waals surface area contributed by atoms with Gasteiger partial charge in [0, 0.05) is 33.4 Å². The fourth-order valence-electron chi connectivity index (χ4n) is 8.46. The number of furan rings is 1. The Morgan fingerprint density at radius 3 is 1.43 bits per heavy atom. The molecular weight excluding hydrogens is 703 g/mol. The molecule has 0 aliphatic carbocycles. The predicted molar refractivity (Wildman–Crippen MR) is 245 cm³/mol. The van der Waals surface area contributed by atoms with Crippen LogP contribution in [0.15, 0.2) is 229 Å². The van der Waals surface area contributed by atoms with Gasteiger partial charge in [-0.3, -0.25) is 0 Å². The van der Waals surface area contributed by atoms with Gasteiger partial charge in [0.1, 0.15) is 11.2 Å². The molecule has 58 heavy (non-hydrogen) atoms. The van der Waals surface area contributed by atoms with Crippen LogP contribution in [0.25, 0.3) is 88.0 Å². The second kappa shape index (κ2) is 14.1. The summed E-state index contributed by atoms with van der Waals surface area (Å²) >= 11 is 0. The van der Waals surface area contributed by atoms with Crippen molar-refractivity contribution >= 4 is 60.5 Å². The smallest absolute Gasteiger partial charge is 0.143 e. The first-order valence-corrected chi connectivity index (χ1v) is 19.8. The van der Waals surface area contributed by atoms with E-state index in [-0.39, 0.29) is 0 Å². The standard InChI is InChI=1S/C56H37NO/c1-3-12-42-34-47(24-22-38(42)10-1)40-26-30-49(31-27-40)57(50-32-28-41(29-33-50)52-19-9-20-54-53-18-5-6-21-55(53)58-56(52)54)51-17-8-16-46(37-51)44-14-7-15-45(36-44)48-25-23-39-11-2-4-13-43(39)35-48/h1-37H. The first kappa shape index (κ1) is 33.6. The van der Waals surface area contributed by atoms with E-state index in [0.29, 0.717) is 0 Å². The third-order valence-electron chi connectivity index (χ3n) is 11.4. The van der Waals surface area contributed by atoms with Crippen molar-refractivity contribution in [3.05, 3.63) is 224 Å². The van der Waals surface area contributed by atoms with Crippen molar-refractivity contribution in [2.24, 2.45) is 0 Å². The van der Waals surface area contributed by atoms with Crippen molar-refractivity contribution in [1.82, 2.24) is 0 Å². The van der Waals surface area contributed by atoms with E-state index in [1.54, 1.807) is 0 Å². The number of fused-ring (bicyclic) bond motifs is 5. The van der Waals surface area contributed by atoms with Gasteiger partial charge in [0.2, 0.25) is 0 Å². The fraction of sp³-hybridized carbons (Fsp3) is 0. The maximum atomic E-state index is 6.43. The molecule has 0 saturated carbocycles. The van der Waals surface area contributed by atoms with E-state index in [1.807, 2.05) is 12.1 Å². The van der Waals surface area contributed by atoms with Crippen LogP contribution in [0.4, 0.5) is 17.1 Å². The van der Waals surface area contributed by atoms with E-state index in [1.165, 1.54) is 49.4 Å². The Hall–Kier alpha value is -7.68. The van der Waals surface area contributed by atoms with Gasteiger partial charge >= 0.3 is 0 Å². The highest BCUT2D eigenvalue weighted by Gasteiger charge is 2.17. The molecule has 0 unspecified atom stereocenters. The molecule has 2 heteroatoms. The van der Waals surface area contributed by atoms with Gasteiger partial charge in [0.15, 0.2) is 0 Å². The van der Waals surface area contributed by atoms with Crippen LogP contribution < -0.4 is 4.90 Å². The summed E-state index contributed by atoms with van der Waals surface area (Å²) in [5.74, 6) is 0. The summed E-state index contributed by atoms with van der Waals surface area (Å²) in [7, 11) is 0. The number of hydrogen-bond donors (Lipinski definition) is 0. The molecule has 1 heterocycles. The van der Waals surface area contributed by atoms with Gasteiger partial charge in [-0.15, -0.1) is 0 Å². The molecule has 11 aromatic rings. The lowest BCUT2D eigenvalue weighted by atomic mass is 9.97. The van der Waals surface area contributed by atoms with E-state index in [9.17, 15) is 0 Å². The normalized spacial score (nSPS) is 11.4. The number of para-hydroxylation sites is 2. The van der Waals surface area contributed by atoms with E-state index in [4.69, 9.17) is 4.42 Å². The highest BCUT2D eigenvalue weighted by atomic mass is 16.3. The van der Waals surface area contributed by atoms with Crippen molar-refractivity contribution in [3.63, 3.8) is 0 Å². The molecular formula is C56H37NO. The van der Waals surface area contributed by atoms with Gasteiger partial charge in [-0.25, -0.2) is 0 Å². The monoisotopic (exact) mass is 739 g/mol. The minimum atomic E-state index is 0.905. The van der Waals surface area contributed by atoms with Crippen molar-refractivity contribution in [2.75, 3.05) is 4.90 Å². The SMILES string of the molecule is c1cc(-c2cccc(N(c3ccc(-c4ccc5ccccc5c4)cc3)c3ccc(-c4cccc5c4oc4ccccc45)cc3)c2)cc(-c2ccc3ccccc3c2)c1. The van der Waals surface area contributed by atoms with Crippen molar-refractivity contribution in [2.45, 2.75) is 0 Å². The summed E-state index contributed by atoms with van der Waals surface area (Å²) in [5.41, 5.74) is 14.4. The zero-order valence-electron chi connectivity index (χ0n) is 31.7. The Kier molecular flexibility index (Phi) is 8.19. The van der Waals surface area contributed by atoms with Gasteiger partial charge in [-0.2, -0.15) is 0 Å². The largest absolute Gasteiger partial charge is 0.455 e. The summed E-state index contributed by atoms with van der Waals surface area (Å²) in [4.78, 5) is 2.35. The van der Waals surface area contributed by atoms with Gasteiger partial charge < -0.3 is 9.32 Å².